The van der Waals surface area contributed by atoms with Crippen molar-refractivity contribution in [1.29, 1.82) is 0 Å². The van der Waals surface area contributed by atoms with Gasteiger partial charge in [-0.3, -0.25) is 0 Å². The number of alkyl halides is 3. The van der Waals surface area contributed by atoms with Gasteiger partial charge >= 0.3 is 6.18 Å². The third kappa shape index (κ3) is 3.33. The number of sulfonamides is 1. The summed E-state index contributed by atoms with van der Waals surface area (Å²) in [6, 6.07) is 0. The van der Waals surface area contributed by atoms with Crippen molar-refractivity contribution in [3.63, 3.8) is 0 Å². The molecule has 1 aliphatic rings. The van der Waals surface area contributed by atoms with E-state index < -0.39 is 21.7 Å². The van der Waals surface area contributed by atoms with Crippen LogP contribution in [-0.2, 0) is 10.0 Å². The minimum Gasteiger partial charge on any atom is -0.330 e. The summed E-state index contributed by atoms with van der Waals surface area (Å²) in [5, 5.41) is 0. The summed E-state index contributed by atoms with van der Waals surface area (Å²) in [6.07, 6.45) is -4.09. The van der Waals surface area contributed by atoms with E-state index in [1.54, 1.807) is 4.72 Å². The van der Waals surface area contributed by atoms with Gasteiger partial charge in [-0.15, -0.1) is 0 Å². The van der Waals surface area contributed by atoms with Crippen molar-refractivity contribution in [1.82, 2.24) is 4.72 Å². The number of hydrogen-bond donors (Lipinski definition) is 2. The quantitative estimate of drug-likeness (QED) is 0.692. The van der Waals surface area contributed by atoms with Gasteiger partial charge in [-0.05, 0) is 32.2 Å². The van der Waals surface area contributed by atoms with Gasteiger partial charge in [-0.2, -0.15) is 17.9 Å². The molecule has 96 valence electrons. The average Bonchev–Trinajstić information content (AvgIpc) is 2.83. The lowest BCUT2D eigenvalue weighted by molar-refractivity contribution is -0.160. The summed E-state index contributed by atoms with van der Waals surface area (Å²) in [6.45, 7) is 0.333. The van der Waals surface area contributed by atoms with Crippen LogP contribution in [0.25, 0.3) is 0 Å². The number of halogens is 3. The summed E-state index contributed by atoms with van der Waals surface area (Å²) in [5.41, 5.74) is 2.97. The van der Waals surface area contributed by atoms with Gasteiger partial charge in [0.2, 0.25) is 10.0 Å². The smallest absolute Gasteiger partial charge is 0.330 e. The molecule has 0 aromatic carbocycles. The second-order valence-electron chi connectivity index (χ2n) is 4.00. The highest BCUT2D eigenvalue weighted by atomic mass is 32.2. The minimum absolute atomic E-state index is 0.174. The maximum Gasteiger partial charge on any atom is 0.407 e. The molecule has 1 saturated carbocycles. The molecule has 0 radical (unpaired) electrons. The Balaban J connectivity index is 2.54. The highest BCUT2D eigenvalue weighted by Gasteiger charge is 2.65. The van der Waals surface area contributed by atoms with Crippen LogP contribution in [-0.4, -0.2) is 32.4 Å². The standard InChI is InChI=1S/C8H15F3N2O2S/c9-8(10,11)7(3-4-7)13-16(14,15)6-2-1-5-12/h13H,1-6,12H2. The van der Waals surface area contributed by atoms with Crippen LogP contribution in [0.2, 0.25) is 0 Å². The summed E-state index contributed by atoms with van der Waals surface area (Å²) >= 11 is 0. The first-order valence-corrected chi connectivity index (χ1v) is 6.66. The second kappa shape index (κ2) is 4.50. The number of nitrogens with two attached hydrogens (primary N) is 1. The Kier molecular flexibility index (Phi) is 3.86. The molecule has 0 aliphatic heterocycles. The van der Waals surface area contributed by atoms with E-state index in [4.69, 9.17) is 5.73 Å². The Hall–Kier alpha value is -0.340. The zero-order valence-electron chi connectivity index (χ0n) is 8.68. The first-order chi connectivity index (χ1) is 7.22. The van der Waals surface area contributed by atoms with E-state index in [2.05, 4.69) is 0 Å². The largest absolute Gasteiger partial charge is 0.407 e. The Bertz CT molecular complexity index is 336. The molecule has 0 atom stereocenters. The maximum absolute atomic E-state index is 12.5. The first kappa shape index (κ1) is 13.7. The molecule has 8 heteroatoms. The van der Waals surface area contributed by atoms with E-state index in [0.717, 1.165) is 0 Å². The van der Waals surface area contributed by atoms with Crippen LogP contribution < -0.4 is 10.5 Å². The van der Waals surface area contributed by atoms with E-state index in [-0.39, 0.29) is 25.0 Å². The monoisotopic (exact) mass is 260 g/mol. The van der Waals surface area contributed by atoms with Crippen LogP contribution >= 0.6 is 0 Å². The summed E-state index contributed by atoms with van der Waals surface area (Å²) in [5.74, 6) is -0.304. The molecule has 3 N–H and O–H groups in total. The van der Waals surface area contributed by atoms with Crippen molar-refractivity contribution in [3.05, 3.63) is 0 Å². The maximum atomic E-state index is 12.5. The van der Waals surface area contributed by atoms with Crippen LogP contribution in [0, 0.1) is 0 Å². The fourth-order valence-corrected chi connectivity index (χ4v) is 2.95. The molecule has 1 fully saturated rings. The van der Waals surface area contributed by atoms with E-state index in [0.29, 0.717) is 13.0 Å². The van der Waals surface area contributed by atoms with Crippen LogP contribution in [0.5, 0.6) is 0 Å². The number of nitrogens with one attached hydrogen (secondary N) is 1. The van der Waals surface area contributed by atoms with Crippen molar-refractivity contribution < 1.29 is 21.6 Å². The van der Waals surface area contributed by atoms with Gasteiger partial charge in [0, 0.05) is 0 Å². The van der Waals surface area contributed by atoms with Gasteiger partial charge in [-0.25, -0.2) is 8.42 Å². The van der Waals surface area contributed by atoms with Gasteiger partial charge in [0.15, 0.2) is 0 Å². The predicted molar refractivity (Wildman–Crippen MR) is 53.2 cm³/mol. The molecule has 1 aliphatic carbocycles. The first-order valence-electron chi connectivity index (χ1n) is 5.01. The number of rotatable bonds is 6. The fourth-order valence-electron chi connectivity index (χ4n) is 1.35. The summed E-state index contributed by atoms with van der Waals surface area (Å²) in [7, 11) is -3.86. The molecule has 0 spiro atoms. The summed E-state index contributed by atoms with van der Waals surface area (Å²) in [4.78, 5) is 0. The van der Waals surface area contributed by atoms with Gasteiger partial charge in [-0.1, -0.05) is 0 Å². The molecule has 0 saturated heterocycles. The molecule has 1 rings (SSSR count). The lowest BCUT2D eigenvalue weighted by atomic mass is 10.3. The number of hydrogen-bond acceptors (Lipinski definition) is 3. The molecular weight excluding hydrogens is 245 g/mol. The van der Waals surface area contributed by atoms with Crippen molar-refractivity contribution in [2.24, 2.45) is 5.73 Å². The van der Waals surface area contributed by atoms with E-state index in [1.807, 2.05) is 0 Å². The SMILES string of the molecule is NCCCCS(=O)(=O)NC1(C(F)(F)F)CC1. The molecule has 0 heterocycles. The van der Waals surface area contributed by atoms with Crippen LogP contribution in [0.4, 0.5) is 13.2 Å². The Labute approximate surface area is 92.4 Å². The molecule has 4 nitrogen and oxygen atoms in total. The van der Waals surface area contributed by atoms with Crippen LogP contribution in [0.15, 0.2) is 0 Å². The van der Waals surface area contributed by atoms with Crippen molar-refractivity contribution in [3.8, 4) is 0 Å². The highest BCUT2D eigenvalue weighted by molar-refractivity contribution is 7.89. The molecule has 0 unspecified atom stereocenters. The third-order valence-corrected chi connectivity index (χ3v) is 4.04. The summed E-state index contributed by atoms with van der Waals surface area (Å²) < 4.78 is 61.9. The van der Waals surface area contributed by atoms with Crippen LogP contribution in [0.1, 0.15) is 25.7 Å². The second-order valence-corrected chi connectivity index (χ2v) is 5.84. The molecule has 16 heavy (non-hydrogen) atoms. The molecule has 0 aromatic heterocycles. The van der Waals surface area contributed by atoms with Crippen molar-refractivity contribution >= 4 is 10.0 Å². The van der Waals surface area contributed by atoms with Gasteiger partial charge in [0.25, 0.3) is 0 Å². The molecule has 0 aromatic rings. The minimum atomic E-state index is -4.51. The molecule has 0 bridgehead atoms. The van der Waals surface area contributed by atoms with Gasteiger partial charge in [0.05, 0.1) is 5.75 Å². The normalized spacial score (nSPS) is 19.8. The Morgan fingerprint density at radius 2 is 1.81 bits per heavy atom. The Morgan fingerprint density at radius 1 is 1.25 bits per heavy atom. The zero-order chi connectivity index (χ0) is 12.4. The van der Waals surface area contributed by atoms with Crippen molar-refractivity contribution in [2.75, 3.05) is 12.3 Å². The van der Waals surface area contributed by atoms with Gasteiger partial charge in [0.1, 0.15) is 5.54 Å². The highest BCUT2D eigenvalue weighted by Crippen LogP contribution is 2.49. The van der Waals surface area contributed by atoms with E-state index in [9.17, 15) is 21.6 Å². The van der Waals surface area contributed by atoms with Crippen molar-refractivity contribution in [2.45, 2.75) is 37.4 Å². The lowest BCUT2D eigenvalue weighted by Crippen LogP contribution is -2.48. The van der Waals surface area contributed by atoms with E-state index >= 15 is 0 Å². The van der Waals surface area contributed by atoms with Crippen LogP contribution in [0.3, 0.4) is 0 Å². The zero-order valence-corrected chi connectivity index (χ0v) is 9.50. The van der Waals surface area contributed by atoms with Gasteiger partial charge < -0.3 is 5.73 Å². The average molecular weight is 260 g/mol. The molecular formula is C8H15F3N2O2S. The Morgan fingerprint density at radius 3 is 2.19 bits per heavy atom. The number of unbranched alkanes of at least 4 members (excludes halogenated alkanes) is 1. The lowest BCUT2D eigenvalue weighted by Gasteiger charge is -2.20. The third-order valence-electron chi connectivity index (χ3n) is 2.51. The topological polar surface area (TPSA) is 72.2 Å². The van der Waals surface area contributed by atoms with E-state index in [1.165, 1.54) is 0 Å². The molecule has 0 amide bonds. The predicted octanol–water partition coefficient (Wildman–Crippen LogP) is 0.740. The fraction of sp³-hybridized carbons (Fsp3) is 1.00.